The molecule has 8 nitrogen and oxygen atoms in total. The largest absolute Gasteiger partial charge is 0.497 e. The van der Waals surface area contributed by atoms with Crippen molar-refractivity contribution in [3.63, 3.8) is 0 Å². The third-order valence-corrected chi connectivity index (χ3v) is 4.82. The number of nitrogens with zero attached hydrogens (tertiary/aromatic N) is 5. The summed E-state index contributed by atoms with van der Waals surface area (Å²) in [6, 6.07) is 7.34. The van der Waals surface area contributed by atoms with Crippen molar-refractivity contribution in [2.24, 2.45) is 0 Å². The fraction of sp³-hybridized carbons (Fsp3) is 0.286. The van der Waals surface area contributed by atoms with E-state index in [0.29, 0.717) is 36.2 Å². The Balaban J connectivity index is 1.54. The zero-order chi connectivity index (χ0) is 20.1. The number of hydrogen-bond acceptors (Lipinski definition) is 7. The SMILES string of the molecule is COc1cccc(Oc2nccnc2[C@@H]2CCCN(C(=O)c3cnccn3)C2)c1. The van der Waals surface area contributed by atoms with Crippen molar-refractivity contribution in [3.05, 3.63) is 66.6 Å². The molecule has 0 bridgehead atoms. The van der Waals surface area contributed by atoms with E-state index in [2.05, 4.69) is 19.9 Å². The van der Waals surface area contributed by atoms with Gasteiger partial charge in [0.25, 0.3) is 5.91 Å². The van der Waals surface area contributed by atoms with E-state index in [1.165, 1.54) is 12.4 Å². The van der Waals surface area contributed by atoms with Crippen LogP contribution in [0.5, 0.6) is 17.4 Å². The van der Waals surface area contributed by atoms with Gasteiger partial charge in [-0.25, -0.2) is 9.97 Å². The second kappa shape index (κ2) is 8.64. The third kappa shape index (κ3) is 4.31. The molecular weight excluding hydrogens is 370 g/mol. The zero-order valence-corrected chi connectivity index (χ0v) is 16.1. The van der Waals surface area contributed by atoms with Crippen molar-refractivity contribution in [2.75, 3.05) is 20.2 Å². The lowest BCUT2D eigenvalue weighted by atomic mass is 9.94. The molecule has 0 N–H and O–H groups in total. The summed E-state index contributed by atoms with van der Waals surface area (Å²) in [5.74, 6) is 1.67. The molecule has 1 atom stereocenters. The number of methoxy groups -OCH3 is 1. The van der Waals surface area contributed by atoms with Gasteiger partial charge < -0.3 is 14.4 Å². The zero-order valence-electron chi connectivity index (χ0n) is 16.1. The molecular formula is C21H21N5O3. The van der Waals surface area contributed by atoms with Gasteiger partial charge in [0, 0.05) is 49.9 Å². The van der Waals surface area contributed by atoms with Crippen LogP contribution in [0.15, 0.2) is 55.2 Å². The molecule has 3 aromatic rings. The summed E-state index contributed by atoms with van der Waals surface area (Å²) in [4.78, 5) is 31.6. The number of benzene rings is 1. The molecule has 0 spiro atoms. The second-order valence-electron chi connectivity index (χ2n) is 6.71. The van der Waals surface area contributed by atoms with Crippen molar-refractivity contribution in [1.29, 1.82) is 0 Å². The topological polar surface area (TPSA) is 90.3 Å². The van der Waals surface area contributed by atoms with E-state index in [0.717, 1.165) is 18.5 Å². The summed E-state index contributed by atoms with van der Waals surface area (Å²) in [5, 5.41) is 0. The first-order valence-corrected chi connectivity index (χ1v) is 9.42. The van der Waals surface area contributed by atoms with Gasteiger partial charge in [-0.15, -0.1) is 0 Å². The molecule has 0 radical (unpaired) electrons. The second-order valence-corrected chi connectivity index (χ2v) is 6.71. The van der Waals surface area contributed by atoms with Crippen molar-refractivity contribution >= 4 is 5.91 Å². The Labute approximate surface area is 168 Å². The Morgan fingerprint density at radius 3 is 2.76 bits per heavy atom. The highest BCUT2D eigenvalue weighted by Gasteiger charge is 2.29. The number of hydrogen-bond donors (Lipinski definition) is 0. The van der Waals surface area contributed by atoms with Crippen molar-refractivity contribution in [2.45, 2.75) is 18.8 Å². The molecule has 1 amide bonds. The van der Waals surface area contributed by atoms with Gasteiger partial charge in [-0.3, -0.25) is 14.8 Å². The number of piperidine rings is 1. The molecule has 1 aliphatic rings. The van der Waals surface area contributed by atoms with Crippen LogP contribution in [0.2, 0.25) is 0 Å². The molecule has 0 saturated carbocycles. The number of rotatable bonds is 5. The first-order chi connectivity index (χ1) is 14.2. The van der Waals surface area contributed by atoms with Crippen LogP contribution in [0, 0.1) is 0 Å². The van der Waals surface area contributed by atoms with Gasteiger partial charge in [0.15, 0.2) is 0 Å². The van der Waals surface area contributed by atoms with Crippen LogP contribution >= 0.6 is 0 Å². The number of carbonyl (C=O) groups is 1. The summed E-state index contributed by atoms with van der Waals surface area (Å²) < 4.78 is 11.3. The van der Waals surface area contributed by atoms with Gasteiger partial charge in [-0.1, -0.05) is 6.07 Å². The van der Waals surface area contributed by atoms with E-state index in [1.807, 2.05) is 18.2 Å². The highest BCUT2D eigenvalue weighted by Crippen LogP contribution is 2.33. The standard InChI is InChI=1S/C21H21N5O3/c1-28-16-5-2-6-17(12-16)29-20-19(24-9-10-25-20)15-4-3-11-26(14-15)21(27)18-13-22-7-8-23-18/h2,5-10,12-13,15H,3-4,11,14H2,1H3/t15-/m1/s1. The Morgan fingerprint density at radius 2 is 1.93 bits per heavy atom. The van der Waals surface area contributed by atoms with Crippen LogP contribution in [-0.4, -0.2) is 50.9 Å². The molecule has 0 unspecified atom stereocenters. The number of likely N-dealkylation sites (tertiary alicyclic amines) is 1. The number of aromatic nitrogens is 4. The Bertz CT molecular complexity index is 983. The molecule has 2 aromatic heterocycles. The van der Waals surface area contributed by atoms with Gasteiger partial charge in [0.05, 0.1) is 13.3 Å². The number of ether oxygens (including phenoxy) is 2. The molecule has 29 heavy (non-hydrogen) atoms. The monoisotopic (exact) mass is 391 g/mol. The van der Waals surface area contributed by atoms with Crippen LogP contribution in [0.1, 0.15) is 34.9 Å². The fourth-order valence-electron chi connectivity index (χ4n) is 3.43. The molecule has 4 rings (SSSR count). The molecule has 1 aromatic carbocycles. The van der Waals surface area contributed by atoms with E-state index >= 15 is 0 Å². The molecule has 8 heteroatoms. The molecule has 1 fully saturated rings. The maximum atomic E-state index is 12.8. The Morgan fingerprint density at radius 1 is 1.10 bits per heavy atom. The summed E-state index contributed by atoms with van der Waals surface area (Å²) in [6.45, 7) is 1.21. The highest BCUT2D eigenvalue weighted by atomic mass is 16.5. The van der Waals surface area contributed by atoms with E-state index in [9.17, 15) is 4.79 Å². The van der Waals surface area contributed by atoms with Gasteiger partial charge in [0.2, 0.25) is 5.88 Å². The predicted molar refractivity (Wildman–Crippen MR) is 105 cm³/mol. The van der Waals surface area contributed by atoms with Crippen LogP contribution in [0.25, 0.3) is 0 Å². The molecule has 1 aliphatic heterocycles. The quantitative estimate of drug-likeness (QED) is 0.660. The first-order valence-electron chi connectivity index (χ1n) is 9.42. The van der Waals surface area contributed by atoms with Crippen molar-refractivity contribution in [1.82, 2.24) is 24.8 Å². The minimum Gasteiger partial charge on any atom is -0.497 e. The molecule has 3 heterocycles. The summed E-state index contributed by atoms with van der Waals surface area (Å²) in [7, 11) is 1.61. The predicted octanol–water partition coefficient (Wildman–Crippen LogP) is 3.09. The Kier molecular flexibility index (Phi) is 5.60. The Hall–Kier alpha value is -3.55. The maximum absolute atomic E-state index is 12.8. The lowest BCUT2D eigenvalue weighted by Crippen LogP contribution is -2.39. The molecule has 1 saturated heterocycles. The van der Waals surface area contributed by atoms with Crippen molar-refractivity contribution in [3.8, 4) is 17.4 Å². The van der Waals surface area contributed by atoms with Crippen LogP contribution in [-0.2, 0) is 0 Å². The van der Waals surface area contributed by atoms with E-state index < -0.39 is 0 Å². The van der Waals surface area contributed by atoms with Crippen LogP contribution in [0.3, 0.4) is 0 Å². The number of carbonyl (C=O) groups excluding carboxylic acids is 1. The minimum atomic E-state index is -0.123. The highest BCUT2D eigenvalue weighted by molar-refractivity contribution is 5.92. The smallest absolute Gasteiger partial charge is 0.274 e. The summed E-state index contributed by atoms with van der Waals surface area (Å²) >= 11 is 0. The maximum Gasteiger partial charge on any atom is 0.274 e. The average Bonchev–Trinajstić information content (AvgIpc) is 2.80. The van der Waals surface area contributed by atoms with Crippen LogP contribution in [0.4, 0.5) is 0 Å². The van der Waals surface area contributed by atoms with Gasteiger partial charge >= 0.3 is 0 Å². The minimum absolute atomic E-state index is 0.0266. The van der Waals surface area contributed by atoms with E-state index in [4.69, 9.17) is 9.47 Å². The third-order valence-electron chi connectivity index (χ3n) is 4.82. The van der Waals surface area contributed by atoms with E-state index in [-0.39, 0.29) is 11.8 Å². The van der Waals surface area contributed by atoms with Gasteiger partial charge in [0.1, 0.15) is 22.9 Å². The summed E-state index contributed by atoms with van der Waals surface area (Å²) in [5.41, 5.74) is 1.09. The lowest BCUT2D eigenvalue weighted by Gasteiger charge is -2.32. The van der Waals surface area contributed by atoms with Crippen molar-refractivity contribution < 1.29 is 14.3 Å². The normalized spacial score (nSPS) is 16.3. The van der Waals surface area contributed by atoms with Crippen LogP contribution < -0.4 is 9.47 Å². The lowest BCUT2D eigenvalue weighted by molar-refractivity contribution is 0.0698. The molecule has 148 valence electrons. The average molecular weight is 391 g/mol. The molecule has 0 aliphatic carbocycles. The number of amides is 1. The van der Waals surface area contributed by atoms with Gasteiger partial charge in [-0.05, 0) is 25.0 Å². The van der Waals surface area contributed by atoms with Gasteiger partial charge in [-0.2, -0.15) is 0 Å². The first kappa shape index (κ1) is 18.8. The fourth-order valence-corrected chi connectivity index (χ4v) is 3.43. The van der Waals surface area contributed by atoms with E-state index in [1.54, 1.807) is 36.7 Å². The summed E-state index contributed by atoms with van der Waals surface area (Å²) in [6.07, 6.45) is 9.59.